The normalized spacial score (nSPS) is 24.0. The molecule has 0 aromatic heterocycles. The van der Waals surface area contributed by atoms with Gasteiger partial charge < -0.3 is 4.74 Å². The minimum atomic E-state index is 0.298. The SMILES string of the molecule is CCc1ccc(C2=NNC(=NC[C@H]3CCCO3)SC2)cc1. The van der Waals surface area contributed by atoms with Crippen molar-refractivity contribution >= 4 is 22.6 Å². The van der Waals surface area contributed by atoms with Crippen LogP contribution < -0.4 is 5.43 Å². The summed E-state index contributed by atoms with van der Waals surface area (Å²) in [6.07, 6.45) is 3.65. The molecule has 0 spiro atoms. The molecule has 2 aliphatic rings. The highest BCUT2D eigenvalue weighted by molar-refractivity contribution is 8.14. The molecule has 2 heterocycles. The fourth-order valence-electron chi connectivity index (χ4n) is 2.45. The van der Waals surface area contributed by atoms with Crippen molar-refractivity contribution in [1.29, 1.82) is 0 Å². The number of hydrogen-bond acceptors (Lipinski definition) is 4. The van der Waals surface area contributed by atoms with Crippen molar-refractivity contribution in [2.45, 2.75) is 32.3 Å². The van der Waals surface area contributed by atoms with Gasteiger partial charge in [0.25, 0.3) is 0 Å². The van der Waals surface area contributed by atoms with Gasteiger partial charge in [0.1, 0.15) is 0 Å². The molecule has 0 bridgehead atoms. The number of hydrazone groups is 1. The van der Waals surface area contributed by atoms with E-state index in [0.717, 1.165) is 49.0 Å². The van der Waals surface area contributed by atoms with E-state index in [1.54, 1.807) is 11.8 Å². The molecule has 1 saturated heterocycles. The quantitative estimate of drug-likeness (QED) is 0.930. The fourth-order valence-corrected chi connectivity index (χ4v) is 3.23. The Kier molecular flexibility index (Phi) is 4.93. The van der Waals surface area contributed by atoms with Crippen molar-refractivity contribution in [3.63, 3.8) is 0 Å². The van der Waals surface area contributed by atoms with E-state index in [1.165, 1.54) is 11.1 Å². The zero-order chi connectivity index (χ0) is 14.5. The molecule has 0 radical (unpaired) electrons. The average molecular weight is 303 g/mol. The first-order valence-electron chi connectivity index (χ1n) is 7.56. The Bertz CT molecular complexity index is 533. The van der Waals surface area contributed by atoms with Crippen molar-refractivity contribution in [1.82, 2.24) is 5.43 Å². The van der Waals surface area contributed by atoms with Gasteiger partial charge in [0, 0.05) is 12.4 Å². The number of nitrogens with zero attached hydrogens (tertiary/aromatic N) is 2. The maximum absolute atomic E-state index is 5.58. The minimum Gasteiger partial charge on any atom is -0.376 e. The summed E-state index contributed by atoms with van der Waals surface area (Å²) >= 11 is 1.71. The third-order valence-corrected chi connectivity index (χ3v) is 4.70. The van der Waals surface area contributed by atoms with E-state index in [-0.39, 0.29) is 0 Å². The second-order valence-electron chi connectivity index (χ2n) is 5.29. The highest BCUT2D eigenvalue weighted by atomic mass is 32.2. The van der Waals surface area contributed by atoms with Crippen LogP contribution >= 0.6 is 11.8 Å². The maximum Gasteiger partial charge on any atom is 0.177 e. The summed E-state index contributed by atoms with van der Waals surface area (Å²) in [6, 6.07) is 8.63. The van der Waals surface area contributed by atoms with Crippen LogP contribution in [-0.4, -0.2) is 35.9 Å². The lowest BCUT2D eigenvalue weighted by Gasteiger charge is -2.15. The van der Waals surface area contributed by atoms with Gasteiger partial charge in [-0.05, 0) is 30.4 Å². The van der Waals surface area contributed by atoms with E-state index >= 15 is 0 Å². The van der Waals surface area contributed by atoms with Gasteiger partial charge in [0.2, 0.25) is 0 Å². The van der Waals surface area contributed by atoms with Crippen LogP contribution in [0.5, 0.6) is 0 Å². The number of rotatable bonds is 4. The zero-order valence-electron chi connectivity index (χ0n) is 12.3. The van der Waals surface area contributed by atoms with Gasteiger partial charge in [0.05, 0.1) is 18.4 Å². The molecule has 1 N–H and O–H groups in total. The Hall–Kier alpha value is -1.33. The summed E-state index contributed by atoms with van der Waals surface area (Å²) in [7, 11) is 0. The molecule has 0 unspecified atom stereocenters. The summed E-state index contributed by atoms with van der Waals surface area (Å²) in [6.45, 7) is 3.79. The van der Waals surface area contributed by atoms with Crippen LogP contribution in [0, 0.1) is 0 Å². The Labute approximate surface area is 130 Å². The number of nitrogens with one attached hydrogen (secondary N) is 1. The second kappa shape index (κ2) is 7.09. The Balaban J connectivity index is 1.58. The Morgan fingerprint density at radius 1 is 1.38 bits per heavy atom. The van der Waals surface area contributed by atoms with E-state index in [0.29, 0.717) is 6.10 Å². The lowest BCUT2D eigenvalue weighted by molar-refractivity contribution is 0.118. The minimum absolute atomic E-state index is 0.298. The number of hydrogen-bond donors (Lipinski definition) is 1. The van der Waals surface area contributed by atoms with Crippen LogP contribution in [-0.2, 0) is 11.2 Å². The predicted molar refractivity (Wildman–Crippen MR) is 89.2 cm³/mol. The maximum atomic E-state index is 5.58. The van der Waals surface area contributed by atoms with Gasteiger partial charge in [-0.15, -0.1) is 0 Å². The first-order valence-corrected chi connectivity index (χ1v) is 8.54. The number of aliphatic imine (C=N–C) groups is 1. The molecule has 0 amide bonds. The van der Waals surface area contributed by atoms with Crippen LogP contribution in [0.4, 0.5) is 0 Å². The van der Waals surface area contributed by atoms with Crippen molar-refractivity contribution in [2.24, 2.45) is 10.1 Å². The van der Waals surface area contributed by atoms with Gasteiger partial charge in [-0.3, -0.25) is 10.4 Å². The Morgan fingerprint density at radius 3 is 2.86 bits per heavy atom. The highest BCUT2D eigenvalue weighted by Gasteiger charge is 2.17. The summed E-state index contributed by atoms with van der Waals surface area (Å²) in [5.41, 5.74) is 6.69. The van der Waals surface area contributed by atoms with Crippen LogP contribution in [0.15, 0.2) is 34.4 Å². The summed E-state index contributed by atoms with van der Waals surface area (Å²) in [4.78, 5) is 4.56. The molecule has 1 aromatic rings. The van der Waals surface area contributed by atoms with Crippen molar-refractivity contribution in [3.8, 4) is 0 Å². The number of amidine groups is 1. The van der Waals surface area contributed by atoms with Crippen molar-refractivity contribution in [2.75, 3.05) is 18.9 Å². The molecular formula is C16H21N3OS. The summed E-state index contributed by atoms with van der Waals surface area (Å²) in [5.74, 6) is 0.864. The molecule has 1 fully saturated rings. The lowest BCUT2D eigenvalue weighted by Crippen LogP contribution is -2.26. The standard InChI is InChI=1S/C16H21N3OS/c1-2-12-5-7-13(8-6-12)15-11-21-16(19-18-15)17-10-14-4-3-9-20-14/h5-8,14H,2-4,9-11H2,1H3,(H,17,19)/t14-/m1/s1. The van der Waals surface area contributed by atoms with Gasteiger partial charge >= 0.3 is 0 Å². The molecule has 4 nitrogen and oxygen atoms in total. The van der Waals surface area contributed by atoms with E-state index in [2.05, 4.69) is 46.7 Å². The van der Waals surface area contributed by atoms with E-state index in [9.17, 15) is 0 Å². The number of ether oxygens (including phenoxy) is 1. The third-order valence-electron chi connectivity index (χ3n) is 3.79. The fraction of sp³-hybridized carbons (Fsp3) is 0.500. The van der Waals surface area contributed by atoms with Gasteiger partial charge in [-0.2, -0.15) is 5.10 Å². The largest absolute Gasteiger partial charge is 0.376 e. The number of aryl methyl sites for hydroxylation is 1. The van der Waals surface area contributed by atoms with Gasteiger partial charge in [-0.1, -0.05) is 43.0 Å². The predicted octanol–water partition coefficient (Wildman–Crippen LogP) is 2.82. The topological polar surface area (TPSA) is 46.0 Å². The van der Waals surface area contributed by atoms with Crippen LogP contribution in [0.3, 0.4) is 0 Å². The van der Waals surface area contributed by atoms with Crippen LogP contribution in [0.1, 0.15) is 30.9 Å². The monoisotopic (exact) mass is 303 g/mol. The number of thioether (sulfide) groups is 1. The zero-order valence-corrected chi connectivity index (χ0v) is 13.2. The summed E-state index contributed by atoms with van der Waals surface area (Å²) < 4.78 is 5.58. The molecule has 21 heavy (non-hydrogen) atoms. The van der Waals surface area contributed by atoms with Crippen molar-refractivity contribution in [3.05, 3.63) is 35.4 Å². The molecule has 2 aliphatic heterocycles. The molecule has 0 saturated carbocycles. The second-order valence-corrected chi connectivity index (χ2v) is 6.25. The number of benzene rings is 1. The molecule has 1 aromatic carbocycles. The van der Waals surface area contributed by atoms with Gasteiger partial charge in [0.15, 0.2) is 5.17 Å². The highest BCUT2D eigenvalue weighted by Crippen LogP contribution is 2.16. The molecule has 5 heteroatoms. The molecule has 1 atom stereocenters. The molecule has 112 valence electrons. The first-order chi connectivity index (χ1) is 10.3. The third kappa shape index (κ3) is 3.86. The first kappa shape index (κ1) is 14.6. The van der Waals surface area contributed by atoms with E-state index < -0.39 is 0 Å². The molecule has 0 aliphatic carbocycles. The van der Waals surface area contributed by atoms with Crippen molar-refractivity contribution < 1.29 is 4.74 Å². The molecular weight excluding hydrogens is 282 g/mol. The smallest absolute Gasteiger partial charge is 0.177 e. The van der Waals surface area contributed by atoms with E-state index in [1.807, 2.05) is 0 Å². The van der Waals surface area contributed by atoms with Crippen LogP contribution in [0.25, 0.3) is 0 Å². The van der Waals surface area contributed by atoms with Crippen LogP contribution in [0.2, 0.25) is 0 Å². The Morgan fingerprint density at radius 2 is 2.24 bits per heavy atom. The molecule has 3 rings (SSSR count). The lowest BCUT2D eigenvalue weighted by atomic mass is 10.1. The average Bonchev–Trinajstić information content (AvgIpc) is 3.07. The van der Waals surface area contributed by atoms with Gasteiger partial charge in [-0.25, -0.2) is 0 Å². The van der Waals surface area contributed by atoms with E-state index in [4.69, 9.17) is 4.74 Å². The summed E-state index contributed by atoms with van der Waals surface area (Å²) in [5, 5.41) is 5.36.